The van der Waals surface area contributed by atoms with Gasteiger partial charge in [0.15, 0.2) is 0 Å². The molecule has 50 heavy (non-hydrogen) atoms. The molecule has 1 aliphatic carbocycles. The lowest BCUT2D eigenvalue weighted by molar-refractivity contribution is 0.664. The number of rotatable bonds is 4. The summed E-state index contributed by atoms with van der Waals surface area (Å²) in [4.78, 5) is 12.8. The Morgan fingerprint density at radius 1 is 0.540 bits per heavy atom. The van der Waals surface area contributed by atoms with E-state index in [1.807, 2.05) is 6.20 Å². The van der Waals surface area contributed by atoms with Crippen molar-refractivity contribution in [3.05, 3.63) is 221 Å². The third-order valence-corrected chi connectivity index (χ3v) is 10.3. The topological polar surface area (TPSA) is 40.5 Å². The van der Waals surface area contributed by atoms with Crippen molar-refractivity contribution >= 4 is 28.5 Å². The molecule has 4 nitrogen and oxygen atoms in total. The third kappa shape index (κ3) is 4.18. The van der Waals surface area contributed by atoms with Gasteiger partial charge in [-0.05, 0) is 75.9 Å². The first kappa shape index (κ1) is 28.5. The van der Waals surface area contributed by atoms with Gasteiger partial charge in [0.2, 0.25) is 0 Å². The van der Waals surface area contributed by atoms with Crippen LogP contribution in [0.1, 0.15) is 45.1 Å². The molecule has 0 saturated heterocycles. The van der Waals surface area contributed by atoms with Crippen molar-refractivity contribution in [2.24, 2.45) is 4.99 Å². The summed E-state index contributed by atoms with van der Waals surface area (Å²) in [7, 11) is 0. The van der Waals surface area contributed by atoms with Crippen LogP contribution in [0, 0.1) is 0 Å². The monoisotopic (exact) mass is 640 g/mol. The fourth-order valence-electron chi connectivity index (χ4n) is 8.24. The summed E-state index contributed by atoms with van der Waals surface area (Å²) >= 11 is 0. The van der Waals surface area contributed by atoms with Crippen molar-refractivity contribution in [2.45, 2.75) is 11.6 Å². The van der Waals surface area contributed by atoms with Crippen molar-refractivity contribution < 1.29 is 0 Å². The molecule has 0 bridgehead atoms. The van der Waals surface area contributed by atoms with Gasteiger partial charge in [-0.25, -0.2) is 0 Å². The molecule has 6 aromatic carbocycles. The second-order valence-corrected chi connectivity index (χ2v) is 13.0. The van der Waals surface area contributed by atoms with Gasteiger partial charge in [0.05, 0.1) is 28.2 Å². The Balaban J connectivity index is 1.23. The highest BCUT2D eigenvalue weighted by atomic mass is 15.2. The van der Waals surface area contributed by atoms with Crippen LogP contribution in [0.3, 0.4) is 0 Å². The number of benzene rings is 6. The zero-order valence-electron chi connectivity index (χ0n) is 27.2. The summed E-state index contributed by atoms with van der Waals surface area (Å²) in [6.45, 7) is 0. The molecule has 1 aromatic heterocycles. The first-order valence-corrected chi connectivity index (χ1v) is 17.1. The summed E-state index contributed by atoms with van der Waals surface area (Å²) in [5.41, 5.74) is 15.3. The number of anilines is 3. The lowest BCUT2D eigenvalue weighted by Crippen LogP contribution is -2.36. The maximum atomic E-state index is 5.35. The first-order valence-electron chi connectivity index (χ1n) is 17.1. The Labute approximate surface area is 291 Å². The summed E-state index contributed by atoms with van der Waals surface area (Å²) < 4.78 is 0. The van der Waals surface area contributed by atoms with Crippen molar-refractivity contribution in [3.8, 4) is 11.3 Å². The van der Waals surface area contributed by atoms with E-state index < -0.39 is 5.41 Å². The van der Waals surface area contributed by atoms with Crippen LogP contribution in [0.15, 0.2) is 187 Å². The molecule has 0 fully saturated rings. The van der Waals surface area contributed by atoms with Crippen molar-refractivity contribution in [2.75, 3.05) is 4.90 Å². The van der Waals surface area contributed by atoms with E-state index in [4.69, 9.17) is 9.98 Å². The molecule has 7 aromatic rings. The quantitative estimate of drug-likeness (QED) is 0.208. The molecular weight excluding hydrogens is 609 g/mol. The van der Waals surface area contributed by atoms with Gasteiger partial charge in [-0.1, -0.05) is 133 Å². The second kappa shape index (κ2) is 11.3. The summed E-state index contributed by atoms with van der Waals surface area (Å²) in [5, 5.41) is 3.71. The molecule has 10 rings (SSSR count). The van der Waals surface area contributed by atoms with Gasteiger partial charge in [-0.15, -0.1) is 0 Å². The summed E-state index contributed by atoms with van der Waals surface area (Å²) in [6.07, 6.45) is 3.90. The lowest BCUT2D eigenvalue weighted by atomic mass is 9.64. The summed E-state index contributed by atoms with van der Waals surface area (Å²) in [6, 6.07) is 60.7. The Bertz CT molecular complexity index is 2420. The predicted octanol–water partition coefficient (Wildman–Crippen LogP) is 10.4. The number of aromatic nitrogens is 1. The highest BCUT2D eigenvalue weighted by Crippen LogP contribution is 2.63. The highest BCUT2D eigenvalue weighted by Gasteiger charge is 2.52. The molecule has 3 aliphatic rings. The number of nitrogens with zero attached hydrogens (tertiary/aromatic N) is 3. The number of hydrogen-bond donors (Lipinski definition) is 1. The van der Waals surface area contributed by atoms with Gasteiger partial charge in [-0.2, -0.15) is 0 Å². The molecule has 0 amide bonds. The average molecular weight is 641 g/mol. The highest BCUT2D eigenvalue weighted by molar-refractivity contribution is 6.13. The molecule has 1 N–H and O–H groups in total. The zero-order chi connectivity index (χ0) is 33.1. The molecule has 3 heterocycles. The normalized spacial score (nSPS) is 16.3. The number of hydrogen-bond acceptors (Lipinski definition) is 4. The Hall–Kier alpha value is -6.52. The van der Waals surface area contributed by atoms with E-state index in [-0.39, 0.29) is 6.17 Å². The van der Waals surface area contributed by atoms with Crippen LogP contribution in [0.5, 0.6) is 0 Å². The number of fused-ring (bicyclic) bond motifs is 9. The number of aliphatic imine (C=N–C) groups is 1. The van der Waals surface area contributed by atoms with Crippen LogP contribution in [0.4, 0.5) is 17.1 Å². The van der Waals surface area contributed by atoms with E-state index in [0.717, 1.165) is 45.0 Å². The lowest BCUT2D eigenvalue weighted by Gasteiger charge is -2.45. The van der Waals surface area contributed by atoms with E-state index in [9.17, 15) is 0 Å². The van der Waals surface area contributed by atoms with Gasteiger partial charge >= 0.3 is 0 Å². The Morgan fingerprint density at radius 3 is 1.88 bits per heavy atom. The maximum absolute atomic E-state index is 5.35. The number of allylic oxidation sites excluding steroid dienone is 1. The van der Waals surface area contributed by atoms with Crippen LogP contribution in [-0.2, 0) is 5.41 Å². The third-order valence-electron chi connectivity index (χ3n) is 10.3. The van der Waals surface area contributed by atoms with Gasteiger partial charge in [0, 0.05) is 28.7 Å². The van der Waals surface area contributed by atoms with E-state index in [1.165, 1.54) is 33.6 Å². The number of pyridine rings is 1. The van der Waals surface area contributed by atoms with Crippen LogP contribution >= 0.6 is 0 Å². The average Bonchev–Trinajstić information content (AvgIpc) is 3.49. The fraction of sp³-hybridized carbons (Fsp3) is 0.0435. The standard InChI is InChI=1S/C46H32N4/c1-4-15-31(16-5-1)40-30-41(49-45(48-40)32-17-6-2-7-18-32)33-26-27-35-39(29-33)46(38-23-14-28-47-44(35)38)36-21-10-12-24-42(36)50(34-19-8-3-9-20-34)43-25-13-11-22-37(43)46/h1-30,45,48H. The largest absolute Gasteiger partial charge is 0.360 e. The Kier molecular flexibility index (Phi) is 6.43. The van der Waals surface area contributed by atoms with Crippen molar-refractivity contribution in [3.63, 3.8) is 0 Å². The molecule has 1 unspecified atom stereocenters. The Morgan fingerprint density at radius 2 is 1.16 bits per heavy atom. The van der Waals surface area contributed by atoms with Gasteiger partial charge in [0.1, 0.15) is 6.17 Å². The zero-order valence-corrected chi connectivity index (χ0v) is 27.2. The molecule has 1 atom stereocenters. The minimum Gasteiger partial charge on any atom is -0.360 e. The number of nitrogens with one attached hydrogen (secondary N) is 1. The molecular formula is C46H32N4. The van der Waals surface area contributed by atoms with Crippen LogP contribution < -0.4 is 10.2 Å². The van der Waals surface area contributed by atoms with E-state index in [1.54, 1.807) is 0 Å². The SMILES string of the molecule is C1=C(c2ccccc2)NC(c2ccccc2)N=C1c1ccc2c(c1)C1(c3ccccc3N(c3ccccc3)c3ccccc31)c1cccnc1-2. The van der Waals surface area contributed by atoms with Gasteiger partial charge in [0.25, 0.3) is 0 Å². The minimum absolute atomic E-state index is 0.219. The second-order valence-electron chi connectivity index (χ2n) is 13.0. The molecule has 236 valence electrons. The fourth-order valence-corrected chi connectivity index (χ4v) is 8.24. The van der Waals surface area contributed by atoms with Crippen LogP contribution in [-0.4, -0.2) is 10.7 Å². The minimum atomic E-state index is -0.578. The molecule has 0 saturated carbocycles. The smallest absolute Gasteiger partial charge is 0.145 e. The molecule has 2 aliphatic heterocycles. The van der Waals surface area contributed by atoms with E-state index in [0.29, 0.717) is 0 Å². The first-order chi connectivity index (χ1) is 24.8. The summed E-state index contributed by atoms with van der Waals surface area (Å²) in [5.74, 6) is 0. The molecule has 0 radical (unpaired) electrons. The van der Waals surface area contributed by atoms with Gasteiger partial charge < -0.3 is 10.2 Å². The van der Waals surface area contributed by atoms with E-state index >= 15 is 0 Å². The van der Waals surface area contributed by atoms with Gasteiger partial charge in [-0.3, -0.25) is 9.98 Å². The molecule has 4 heteroatoms. The van der Waals surface area contributed by atoms with Crippen LogP contribution in [0.25, 0.3) is 17.0 Å². The molecule has 1 spiro atoms. The maximum Gasteiger partial charge on any atom is 0.145 e. The van der Waals surface area contributed by atoms with Crippen LogP contribution in [0.2, 0.25) is 0 Å². The van der Waals surface area contributed by atoms with E-state index in [2.05, 4.69) is 186 Å². The predicted molar refractivity (Wildman–Crippen MR) is 203 cm³/mol. The number of para-hydroxylation sites is 3. The van der Waals surface area contributed by atoms with Crippen molar-refractivity contribution in [1.29, 1.82) is 0 Å². The van der Waals surface area contributed by atoms with Crippen molar-refractivity contribution in [1.82, 2.24) is 10.3 Å².